The standard InChI is InChI=1S/C17H24Cl2N2O2/c1-16(2,3)21(15(22)23)17(5-6-17)10-12-8-11(4-7-20)9-13(18)14(12)19/h8-9H,4-7,10,20H2,1-3H3,(H,22,23). The second-order valence-electron chi connectivity index (χ2n) is 7.28. The first-order valence-corrected chi connectivity index (χ1v) is 8.56. The van der Waals surface area contributed by atoms with Gasteiger partial charge in [-0.3, -0.25) is 4.90 Å². The first kappa shape index (κ1) is 18.4. The number of benzene rings is 1. The highest BCUT2D eigenvalue weighted by Gasteiger charge is 2.54. The van der Waals surface area contributed by atoms with Crippen LogP contribution in [0.15, 0.2) is 12.1 Å². The van der Waals surface area contributed by atoms with Crippen LogP contribution < -0.4 is 5.73 Å². The molecule has 128 valence electrons. The highest BCUT2D eigenvalue weighted by atomic mass is 35.5. The maximum atomic E-state index is 11.8. The van der Waals surface area contributed by atoms with Gasteiger partial charge < -0.3 is 10.8 Å². The van der Waals surface area contributed by atoms with E-state index in [2.05, 4.69) is 0 Å². The molecule has 0 bridgehead atoms. The lowest BCUT2D eigenvalue weighted by molar-refractivity contribution is 0.0606. The largest absolute Gasteiger partial charge is 0.465 e. The summed E-state index contributed by atoms with van der Waals surface area (Å²) in [5.41, 5.74) is 6.70. The molecule has 0 radical (unpaired) electrons. The fourth-order valence-corrected chi connectivity index (χ4v) is 3.76. The fraction of sp³-hybridized carbons (Fsp3) is 0.588. The monoisotopic (exact) mass is 358 g/mol. The van der Waals surface area contributed by atoms with E-state index in [0.717, 1.165) is 30.4 Å². The zero-order chi connectivity index (χ0) is 17.4. The smallest absolute Gasteiger partial charge is 0.408 e. The van der Waals surface area contributed by atoms with Gasteiger partial charge in [-0.15, -0.1) is 0 Å². The highest BCUT2D eigenvalue weighted by Crippen LogP contribution is 2.49. The summed E-state index contributed by atoms with van der Waals surface area (Å²) >= 11 is 12.6. The third-order valence-corrected chi connectivity index (χ3v) is 5.12. The first-order valence-electron chi connectivity index (χ1n) is 7.81. The van der Waals surface area contributed by atoms with E-state index < -0.39 is 17.2 Å². The van der Waals surface area contributed by atoms with Crippen LogP contribution in [0.4, 0.5) is 4.79 Å². The van der Waals surface area contributed by atoms with Crippen molar-refractivity contribution in [3.8, 4) is 0 Å². The van der Waals surface area contributed by atoms with Gasteiger partial charge in [0.2, 0.25) is 0 Å². The molecule has 1 aliphatic rings. The van der Waals surface area contributed by atoms with Gasteiger partial charge in [-0.1, -0.05) is 29.3 Å². The van der Waals surface area contributed by atoms with Crippen molar-refractivity contribution in [1.82, 2.24) is 4.90 Å². The molecule has 0 unspecified atom stereocenters. The van der Waals surface area contributed by atoms with Crippen LogP contribution in [-0.4, -0.2) is 33.7 Å². The Labute approximate surface area is 147 Å². The molecule has 0 saturated heterocycles. The molecule has 6 heteroatoms. The second-order valence-corrected chi connectivity index (χ2v) is 8.06. The number of nitrogens with two attached hydrogens (primary N) is 1. The summed E-state index contributed by atoms with van der Waals surface area (Å²) in [6.07, 6.45) is 2.08. The molecular formula is C17H24Cl2N2O2. The Kier molecular flexibility index (Phi) is 5.19. The normalized spacial score (nSPS) is 16.3. The van der Waals surface area contributed by atoms with E-state index in [-0.39, 0.29) is 0 Å². The van der Waals surface area contributed by atoms with Crippen molar-refractivity contribution in [3.63, 3.8) is 0 Å². The SMILES string of the molecule is CC(C)(C)N(C(=O)O)C1(Cc2cc(CCN)cc(Cl)c2Cl)CC1. The Morgan fingerprint density at radius 1 is 1.35 bits per heavy atom. The average molecular weight is 359 g/mol. The van der Waals surface area contributed by atoms with Crippen molar-refractivity contribution in [1.29, 1.82) is 0 Å². The first-order chi connectivity index (χ1) is 10.6. The van der Waals surface area contributed by atoms with Gasteiger partial charge in [-0.25, -0.2) is 4.79 Å². The molecule has 4 nitrogen and oxygen atoms in total. The van der Waals surface area contributed by atoms with Gasteiger partial charge in [-0.2, -0.15) is 0 Å². The third-order valence-electron chi connectivity index (χ3n) is 4.28. The number of carboxylic acid groups (broad SMARTS) is 1. The van der Waals surface area contributed by atoms with Crippen molar-refractivity contribution in [2.75, 3.05) is 6.54 Å². The molecule has 1 aliphatic carbocycles. The maximum absolute atomic E-state index is 11.8. The molecule has 1 aromatic rings. The summed E-state index contributed by atoms with van der Waals surface area (Å²) in [6, 6.07) is 3.84. The lowest BCUT2D eigenvalue weighted by atomic mass is 9.95. The minimum absolute atomic E-state index is 0.390. The Balaban J connectivity index is 2.36. The minimum atomic E-state index is -0.893. The van der Waals surface area contributed by atoms with Gasteiger partial charge in [0.15, 0.2) is 0 Å². The Bertz CT molecular complexity index is 607. The molecule has 1 saturated carbocycles. The lowest BCUT2D eigenvalue weighted by Gasteiger charge is -2.40. The Morgan fingerprint density at radius 3 is 2.39 bits per heavy atom. The van der Waals surface area contributed by atoms with Crippen LogP contribution in [0.3, 0.4) is 0 Å². The summed E-state index contributed by atoms with van der Waals surface area (Å²) in [7, 11) is 0. The molecule has 23 heavy (non-hydrogen) atoms. The molecule has 1 fully saturated rings. The van der Waals surface area contributed by atoms with Crippen LogP contribution in [0.5, 0.6) is 0 Å². The van der Waals surface area contributed by atoms with Gasteiger partial charge in [0, 0.05) is 5.54 Å². The molecular weight excluding hydrogens is 335 g/mol. The van der Waals surface area contributed by atoms with Gasteiger partial charge in [-0.05, 0) is 70.2 Å². The van der Waals surface area contributed by atoms with E-state index in [1.807, 2.05) is 32.9 Å². The predicted octanol–water partition coefficient (Wildman–Crippen LogP) is 4.35. The molecule has 0 aliphatic heterocycles. The van der Waals surface area contributed by atoms with Gasteiger partial charge in [0.25, 0.3) is 0 Å². The van der Waals surface area contributed by atoms with Crippen molar-refractivity contribution < 1.29 is 9.90 Å². The van der Waals surface area contributed by atoms with E-state index in [9.17, 15) is 9.90 Å². The topological polar surface area (TPSA) is 66.6 Å². The maximum Gasteiger partial charge on any atom is 0.408 e. The fourth-order valence-electron chi connectivity index (χ4n) is 3.33. The lowest BCUT2D eigenvalue weighted by Crippen LogP contribution is -2.53. The number of rotatable bonds is 5. The predicted molar refractivity (Wildman–Crippen MR) is 94.5 cm³/mol. The molecule has 2 rings (SSSR count). The van der Waals surface area contributed by atoms with E-state index in [1.165, 1.54) is 0 Å². The van der Waals surface area contributed by atoms with E-state index in [4.69, 9.17) is 28.9 Å². The summed E-state index contributed by atoms with van der Waals surface area (Å²) in [5.74, 6) is 0. The van der Waals surface area contributed by atoms with Crippen LogP contribution in [0.25, 0.3) is 0 Å². The second kappa shape index (κ2) is 6.50. The number of hydrogen-bond donors (Lipinski definition) is 2. The molecule has 0 atom stereocenters. The number of nitrogens with zero attached hydrogens (tertiary/aromatic N) is 1. The van der Waals surface area contributed by atoms with Crippen LogP contribution in [0.1, 0.15) is 44.7 Å². The van der Waals surface area contributed by atoms with Crippen molar-refractivity contribution in [2.24, 2.45) is 5.73 Å². The third kappa shape index (κ3) is 3.93. The number of halogens is 2. The van der Waals surface area contributed by atoms with Crippen LogP contribution in [0.2, 0.25) is 10.0 Å². The Morgan fingerprint density at radius 2 is 1.96 bits per heavy atom. The minimum Gasteiger partial charge on any atom is -0.465 e. The van der Waals surface area contributed by atoms with Crippen LogP contribution in [0, 0.1) is 0 Å². The summed E-state index contributed by atoms with van der Waals surface area (Å²) in [4.78, 5) is 13.4. The summed E-state index contributed by atoms with van der Waals surface area (Å²) < 4.78 is 0. The van der Waals surface area contributed by atoms with Gasteiger partial charge in [0.1, 0.15) is 0 Å². The molecule has 3 N–H and O–H groups in total. The van der Waals surface area contributed by atoms with Crippen LogP contribution >= 0.6 is 23.2 Å². The number of carbonyl (C=O) groups is 1. The molecule has 1 amide bonds. The summed E-state index contributed by atoms with van der Waals surface area (Å²) in [5, 5.41) is 10.7. The quantitative estimate of drug-likeness (QED) is 0.821. The van der Waals surface area contributed by atoms with E-state index in [1.54, 1.807) is 4.90 Å². The zero-order valence-corrected chi connectivity index (χ0v) is 15.3. The molecule has 1 aromatic carbocycles. The average Bonchev–Trinajstić information content (AvgIpc) is 3.13. The molecule has 0 heterocycles. The van der Waals surface area contributed by atoms with E-state index >= 15 is 0 Å². The van der Waals surface area contributed by atoms with Crippen LogP contribution in [-0.2, 0) is 12.8 Å². The molecule has 0 aromatic heterocycles. The van der Waals surface area contributed by atoms with Crippen molar-refractivity contribution >= 4 is 29.3 Å². The Hall–Kier alpha value is -0.970. The van der Waals surface area contributed by atoms with Crippen molar-refractivity contribution in [2.45, 2.75) is 57.5 Å². The van der Waals surface area contributed by atoms with Gasteiger partial charge in [0.05, 0.1) is 15.6 Å². The van der Waals surface area contributed by atoms with E-state index in [0.29, 0.717) is 23.0 Å². The zero-order valence-electron chi connectivity index (χ0n) is 13.8. The highest BCUT2D eigenvalue weighted by molar-refractivity contribution is 6.42. The molecule has 0 spiro atoms. The van der Waals surface area contributed by atoms with Gasteiger partial charge >= 0.3 is 6.09 Å². The number of amides is 1. The number of hydrogen-bond acceptors (Lipinski definition) is 2. The van der Waals surface area contributed by atoms with Crippen molar-refractivity contribution in [3.05, 3.63) is 33.3 Å². The summed E-state index contributed by atoms with van der Waals surface area (Å²) in [6.45, 7) is 6.29.